The number of benzene rings is 8. The highest BCUT2D eigenvalue weighted by atomic mass is 15.1. The van der Waals surface area contributed by atoms with E-state index in [0.29, 0.717) is 5.82 Å². The molecule has 0 amide bonds. The molecule has 2 aromatic heterocycles. The molecule has 0 saturated carbocycles. The number of fused-ring (bicyclic) bond motifs is 11. The van der Waals surface area contributed by atoms with Crippen molar-refractivity contribution in [2.45, 2.75) is 0 Å². The highest BCUT2D eigenvalue weighted by Crippen LogP contribution is 2.39. The van der Waals surface area contributed by atoms with Crippen LogP contribution in [0.3, 0.4) is 0 Å². The second kappa shape index (κ2) is 10.1. The van der Waals surface area contributed by atoms with Crippen molar-refractivity contribution >= 4 is 64.9 Å². The van der Waals surface area contributed by atoms with E-state index in [4.69, 9.17) is 9.97 Å². The standard InChI is InChI=1S/C44H27N3/c1-2-13-29(14-3-1)44-45-39(30-22-24-36-34-18-7-6-16-32(34)33-17-8-9-19-35(33)38(36)26-30)27-42(46-44)47-40-21-11-10-20-37(40)43-31-15-5-4-12-28(31)23-25-41(43)47/h1-27H. The maximum Gasteiger partial charge on any atom is 0.162 e. The normalized spacial score (nSPS) is 11.8. The van der Waals surface area contributed by atoms with Crippen LogP contribution in [0.4, 0.5) is 0 Å². The van der Waals surface area contributed by atoms with E-state index in [9.17, 15) is 0 Å². The molecular weight excluding hydrogens is 571 g/mol. The lowest BCUT2D eigenvalue weighted by molar-refractivity contribution is 1.05. The number of para-hydroxylation sites is 1. The average molecular weight is 598 g/mol. The van der Waals surface area contributed by atoms with Crippen molar-refractivity contribution in [3.8, 4) is 28.5 Å². The molecule has 0 fully saturated rings. The predicted molar refractivity (Wildman–Crippen MR) is 197 cm³/mol. The molecule has 10 aromatic rings. The van der Waals surface area contributed by atoms with E-state index in [-0.39, 0.29) is 0 Å². The molecule has 0 spiro atoms. The molecule has 3 heteroatoms. The van der Waals surface area contributed by atoms with Crippen LogP contribution in [-0.4, -0.2) is 14.5 Å². The van der Waals surface area contributed by atoms with Gasteiger partial charge in [0, 0.05) is 28.0 Å². The smallest absolute Gasteiger partial charge is 0.162 e. The Morgan fingerprint density at radius 2 is 0.957 bits per heavy atom. The van der Waals surface area contributed by atoms with E-state index in [2.05, 4.69) is 150 Å². The Labute approximate surface area is 271 Å². The number of nitrogens with zero attached hydrogens (tertiary/aromatic N) is 3. The predicted octanol–water partition coefficient (Wildman–Crippen LogP) is 11.5. The van der Waals surface area contributed by atoms with Crippen LogP contribution < -0.4 is 0 Å². The maximum atomic E-state index is 5.26. The number of aromatic nitrogens is 3. The molecule has 0 atom stereocenters. The third-order valence-corrected chi connectivity index (χ3v) is 9.58. The quantitative estimate of drug-likeness (QED) is 0.190. The van der Waals surface area contributed by atoms with Gasteiger partial charge in [0.1, 0.15) is 5.82 Å². The average Bonchev–Trinajstić information content (AvgIpc) is 3.50. The van der Waals surface area contributed by atoms with Gasteiger partial charge >= 0.3 is 0 Å². The van der Waals surface area contributed by atoms with Crippen LogP contribution in [0.1, 0.15) is 0 Å². The highest BCUT2D eigenvalue weighted by Gasteiger charge is 2.18. The van der Waals surface area contributed by atoms with Crippen molar-refractivity contribution in [2.24, 2.45) is 0 Å². The molecule has 3 nitrogen and oxygen atoms in total. The topological polar surface area (TPSA) is 30.7 Å². The van der Waals surface area contributed by atoms with Gasteiger partial charge in [-0.3, -0.25) is 4.57 Å². The first-order valence-electron chi connectivity index (χ1n) is 16.0. The molecular formula is C44H27N3. The van der Waals surface area contributed by atoms with E-state index >= 15 is 0 Å². The fraction of sp³-hybridized carbons (Fsp3) is 0. The van der Waals surface area contributed by atoms with Crippen LogP contribution in [0.2, 0.25) is 0 Å². The van der Waals surface area contributed by atoms with Crippen LogP contribution in [-0.2, 0) is 0 Å². The van der Waals surface area contributed by atoms with Crippen LogP contribution in [0, 0.1) is 0 Å². The van der Waals surface area contributed by atoms with Gasteiger partial charge in [0.2, 0.25) is 0 Å². The summed E-state index contributed by atoms with van der Waals surface area (Å²) in [6.45, 7) is 0. The monoisotopic (exact) mass is 597 g/mol. The van der Waals surface area contributed by atoms with Gasteiger partial charge in [-0.05, 0) is 61.3 Å². The summed E-state index contributed by atoms with van der Waals surface area (Å²) in [5.74, 6) is 1.55. The SMILES string of the molecule is c1ccc(-c2nc(-c3ccc4c5ccccc5c5ccccc5c4c3)cc(-n3c4ccccc4c4c5ccccc5ccc43)n2)cc1. The van der Waals surface area contributed by atoms with Gasteiger partial charge in [-0.15, -0.1) is 0 Å². The summed E-state index contributed by atoms with van der Waals surface area (Å²) in [5.41, 5.74) is 5.19. The van der Waals surface area contributed by atoms with E-state index < -0.39 is 0 Å². The lowest BCUT2D eigenvalue weighted by atomic mass is 9.93. The summed E-state index contributed by atoms with van der Waals surface area (Å²) in [7, 11) is 0. The summed E-state index contributed by atoms with van der Waals surface area (Å²) in [4.78, 5) is 10.5. The largest absolute Gasteiger partial charge is 0.294 e. The molecule has 0 N–H and O–H groups in total. The van der Waals surface area contributed by atoms with Crippen molar-refractivity contribution in [1.29, 1.82) is 0 Å². The molecule has 0 saturated heterocycles. The Kier molecular flexibility index (Phi) is 5.57. The third kappa shape index (κ3) is 3.93. The van der Waals surface area contributed by atoms with Gasteiger partial charge < -0.3 is 0 Å². The molecule has 0 bridgehead atoms. The van der Waals surface area contributed by atoms with Crippen LogP contribution in [0.15, 0.2) is 164 Å². The molecule has 10 rings (SSSR count). The summed E-state index contributed by atoms with van der Waals surface area (Å²) in [6.07, 6.45) is 0. The molecule has 2 heterocycles. The molecule has 0 aliphatic carbocycles. The lowest BCUT2D eigenvalue weighted by Crippen LogP contribution is -2.02. The lowest BCUT2D eigenvalue weighted by Gasteiger charge is -2.14. The number of hydrogen-bond donors (Lipinski definition) is 0. The molecule has 0 unspecified atom stereocenters. The first-order chi connectivity index (χ1) is 23.3. The zero-order valence-corrected chi connectivity index (χ0v) is 25.4. The zero-order valence-electron chi connectivity index (χ0n) is 25.4. The fourth-order valence-electron chi connectivity index (χ4n) is 7.47. The van der Waals surface area contributed by atoms with Crippen molar-refractivity contribution in [2.75, 3.05) is 0 Å². The van der Waals surface area contributed by atoms with Crippen molar-refractivity contribution in [3.05, 3.63) is 164 Å². The Hall–Kier alpha value is -6.32. The van der Waals surface area contributed by atoms with Crippen LogP contribution in [0.5, 0.6) is 0 Å². The second-order valence-electron chi connectivity index (χ2n) is 12.2. The molecule has 0 aliphatic rings. The molecule has 218 valence electrons. The summed E-state index contributed by atoms with van der Waals surface area (Å²) in [5, 5.41) is 12.4. The molecule has 47 heavy (non-hydrogen) atoms. The number of hydrogen-bond acceptors (Lipinski definition) is 2. The van der Waals surface area contributed by atoms with Gasteiger partial charge in [0.25, 0.3) is 0 Å². The minimum absolute atomic E-state index is 0.702. The third-order valence-electron chi connectivity index (χ3n) is 9.58. The Bertz CT molecular complexity index is 2810. The first-order valence-corrected chi connectivity index (χ1v) is 16.0. The number of rotatable bonds is 3. The van der Waals surface area contributed by atoms with Crippen molar-refractivity contribution < 1.29 is 0 Å². The summed E-state index contributed by atoms with van der Waals surface area (Å²) < 4.78 is 2.30. The zero-order chi connectivity index (χ0) is 30.9. The van der Waals surface area contributed by atoms with Crippen molar-refractivity contribution in [3.63, 3.8) is 0 Å². The molecule has 0 radical (unpaired) electrons. The maximum absolute atomic E-state index is 5.26. The van der Waals surface area contributed by atoms with Gasteiger partial charge in [-0.2, -0.15) is 0 Å². The first kappa shape index (κ1) is 26.0. The van der Waals surface area contributed by atoms with Gasteiger partial charge in [-0.1, -0.05) is 140 Å². The van der Waals surface area contributed by atoms with Gasteiger partial charge in [0.15, 0.2) is 5.82 Å². The minimum atomic E-state index is 0.702. The van der Waals surface area contributed by atoms with Crippen LogP contribution in [0.25, 0.3) is 93.4 Å². The molecule has 0 aliphatic heterocycles. The van der Waals surface area contributed by atoms with Crippen molar-refractivity contribution in [1.82, 2.24) is 14.5 Å². The van der Waals surface area contributed by atoms with E-state index in [0.717, 1.165) is 33.7 Å². The summed E-state index contributed by atoms with van der Waals surface area (Å²) >= 11 is 0. The highest BCUT2D eigenvalue weighted by molar-refractivity contribution is 6.26. The van der Waals surface area contributed by atoms with E-state index in [1.54, 1.807) is 0 Å². The second-order valence-corrected chi connectivity index (χ2v) is 12.2. The Morgan fingerprint density at radius 1 is 0.362 bits per heavy atom. The van der Waals surface area contributed by atoms with Gasteiger partial charge in [-0.25, -0.2) is 9.97 Å². The summed E-state index contributed by atoms with van der Waals surface area (Å²) in [6, 6.07) is 58.4. The van der Waals surface area contributed by atoms with Crippen LogP contribution >= 0.6 is 0 Å². The fourth-order valence-corrected chi connectivity index (χ4v) is 7.47. The van der Waals surface area contributed by atoms with E-state index in [1.165, 1.54) is 53.9 Å². The molecule has 8 aromatic carbocycles. The Morgan fingerprint density at radius 3 is 1.70 bits per heavy atom. The van der Waals surface area contributed by atoms with E-state index in [1.807, 2.05) is 18.2 Å². The Balaban J connectivity index is 1.29. The minimum Gasteiger partial charge on any atom is -0.294 e. The van der Waals surface area contributed by atoms with Gasteiger partial charge in [0.05, 0.1) is 16.7 Å².